The van der Waals surface area contributed by atoms with Gasteiger partial charge in [-0.15, -0.1) is 0 Å². The van der Waals surface area contributed by atoms with Gasteiger partial charge in [-0.25, -0.2) is 0 Å². The summed E-state index contributed by atoms with van der Waals surface area (Å²) < 4.78 is 0. The van der Waals surface area contributed by atoms with E-state index in [1.807, 2.05) is 0 Å². The van der Waals surface area contributed by atoms with Gasteiger partial charge in [-0.3, -0.25) is 9.59 Å². The van der Waals surface area contributed by atoms with Crippen molar-refractivity contribution >= 4 is 30.7 Å². The molecule has 1 aliphatic rings. The number of benzene rings is 1. The van der Waals surface area contributed by atoms with Gasteiger partial charge in [0.25, 0.3) is 11.7 Å². The summed E-state index contributed by atoms with van der Waals surface area (Å²) in [5.41, 5.74) is 1.22. The van der Waals surface area contributed by atoms with Crippen LogP contribution in [0.1, 0.15) is 10.4 Å². The van der Waals surface area contributed by atoms with E-state index in [-0.39, 0.29) is 0 Å². The second-order valence-corrected chi connectivity index (χ2v) is 2.55. The van der Waals surface area contributed by atoms with Gasteiger partial charge in [0, 0.05) is 5.69 Å². The molecule has 0 unspecified atom stereocenters. The Hall–Kier alpha value is -1.58. The summed E-state index contributed by atoms with van der Waals surface area (Å²) >= 11 is 0. The summed E-state index contributed by atoms with van der Waals surface area (Å²) in [6, 6.07) is 4.86. The van der Waals surface area contributed by atoms with Gasteiger partial charge in [-0.2, -0.15) is 0 Å². The molecule has 0 saturated heterocycles. The lowest BCUT2D eigenvalue weighted by molar-refractivity contribution is -0.112. The number of carbonyl (C=O) groups is 2. The summed E-state index contributed by atoms with van der Waals surface area (Å²) in [5, 5.41) is 2.40. The topological polar surface area (TPSA) is 46.2 Å². The maximum absolute atomic E-state index is 11.1. The van der Waals surface area contributed by atoms with E-state index in [1.165, 1.54) is 0 Å². The molecule has 2 rings (SSSR count). The summed E-state index contributed by atoms with van der Waals surface area (Å²) in [4.78, 5) is 21.9. The van der Waals surface area contributed by atoms with Crippen LogP contribution in [0.3, 0.4) is 0 Å². The molecule has 0 aromatic heterocycles. The fraction of sp³-hybridized carbons (Fsp3) is 0. The lowest BCUT2D eigenvalue weighted by Gasteiger charge is -1.99. The monoisotopic (exact) mass is 157 g/mol. The number of fused-ring (bicyclic) bond motifs is 1. The Balaban J connectivity index is 2.68. The first-order valence-corrected chi connectivity index (χ1v) is 3.44. The Kier molecular flexibility index (Phi) is 1.30. The van der Waals surface area contributed by atoms with Crippen molar-refractivity contribution in [1.82, 2.24) is 0 Å². The molecular weight excluding hydrogens is 153 g/mol. The zero-order valence-corrected chi connectivity index (χ0v) is 6.13. The Bertz CT molecular complexity index is 387. The van der Waals surface area contributed by atoms with E-state index in [4.69, 9.17) is 7.85 Å². The minimum Gasteiger partial charge on any atom is -0.319 e. The van der Waals surface area contributed by atoms with Crippen LogP contribution in [0.25, 0.3) is 0 Å². The molecule has 1 aromatic rings. The van der Waals surface area contributed by atoms with E-state index in [1.54, 1.807) is 18.2 Å². The van der Waals surface area contributed by atoms with Gasteiger partial charge in [-0.1, -0.05) is 17.6 Å². The van der Waals surface area contributed by atoms with Crippen LogP contribution >= 0.6 is 0 Å². The van der Waals surface area contributed by atoms with Crippen LogP contribution in [0.2, 0.25) is 0 Å². The minimum absolute atomic E-state index is 0.361. The maximum atomic E-state index is 11.1. The predicted octanol–water partition coefficient (Wildman–Crippen LogP) is -0.385. The predicted molar refractivity (Wildman–Crippen MR) is 44.8 cm³/mol. The van der Waals surface area contributed by atoms with Crippen LogP contribution in [0, 0.1) is 0 Å². The molecule has 1 amide bonds. The number of rotatable bonds is 0. The molecule has 4 heteroatoms. The molecule has 3 nitrogen and oxygen atoms in total. The van der Waals surface area contributed by atoms with Crippen molar-refractivity contribution in [1.29, 1.82) is 0 Å². The Morgan fingerprint density at radius 1 is 1.25 bits per heavy atom. The molecule has 0 saturated carbocycles. The largest absolute Gasteiger partial charge is 0.319 e. The number of para-hydroxylation sites is 1. The molecule has 0 fully saturated rings. The number of hydrogen-bond donors (Lipinski definition) is 1. The Labute approximate surface area is 70.2 Å². The maximum Gasteiger partial charge on any atom is 0.296 e. The SMILES string of the molecule is [B]c1cccc2c1NC(=O)C2=O. The quantitative estimate of drug-likeness (QED) is 0.412. The van der Waals surface area contributed by atoms with Crippen molar-refractivity contribution in [2.24, 2.45) is 0 Å². The first kappa shape index (κ1) is 7.09. The lowest BCUT2D eigenvalue weighted by Crippen LogP contribution is -2.14. The molecule has 1 heterocycles. The molecule has 1 aliphatic heterocycles. The highest BCUT2D eigenvalue weighted by atomic mass is 16.2. The third kappa shape index (κ3) is 0.779. The summed E-state index contributed by atoms with van der Waals surface area (Å²) in [7, 11) is 5.53. The van der Waals surface area contributed by atoms with Crippen LogP contribution < -0.4 is 10.8 Å². The molecule has 12 heavy (non-hydrogen) atoms. The van der Waals surface area contributed by atoms with Crippen LogP contribution in [-0.2, 0) is 4.79 Å². The highest BCUT2D eigenvalue weighted by Crippen LogP contribution is 2.19. The van der Waals surface area contributed by atoms with E-state index in [9.17, 15) is 9.59 Å². The second kappa shape index (κ2) is 2.20. The fourth-order valence-corrected chi connectivity index (χ4v) is 1.19. The number of ketones is 1. The average molecular weight is 157 g/mol. The minimum atomic E-state index is -0.608. The summed E-state index contributed by atoms with van der Waals surface area (Å²) in [6.45, 7) is 0. The molecular formula is C8H4BNO2. The van der Waals surface area contributed by atoms with Crippen LogP contribution in [0.15, 0.2) is 18.2 Å². The average Bonchev–Trinajstić information content (AvgIpc) is 2.32. The van der Waals surface area contributed by atoms with Gasteiger partial charge in [0.1, 0.15) is 7.85 Å². The smallest absolute Gasteiger partial charge is 0.296 e. The number of hydrogen-bond acceptors (Lipinski definition) is 2. The zero-order valence-electron chi connectivity index (χ0n) is 6.13. The molecule has 1 aromatic carbocycles. The van der Waals surface area contributed by atoms with Crippen molar-refractivity contribution in [2.45, 2.75) is 0 Å². The van der Waals surface area contributed by atoms with Crippen molar-refractivity contribution in [3.05, 3.63) is 23.8 Å². The molecule has 0 spiro atoms. The van der Waals surface area contributed by atoms with E-state index >= 15 is 0 Å². The van der Waals surface area contributed by atoms with E-state index < -0.39 is 11.7 Å². The van der Waals surface area contributed by atoms with Gasteiger partial charge in [0.15, 0.2) is 0 Å². The molecule has 0 aliphatic carbocycles. The number of nitrogens with one attached hydrogen (secondary N) is 1. The normalized spacial score (nSPS) is 14.3. The molecule has 0 atom stereocenters. The number of amides is 1. The van der Waals surface area contributed by atoms with Crippen molar-refractivity contribution in [2.75, 3.05) is 5.32 Å². The van der Waals surface area contributed by atoms with Gasteiger partial charge >= 0.3 is 0 Å². The van der Waals surface area contributed by atoms with Crippen LogP contribution in [-0.4, -0.2) is 19.5 Å². The highest BCUT2D eigenvalue weighted by molar-refractivity contribution is 6.54. The first-order chi connectivity index (χ1) is 5.70. The number of anilines is 1. The molecule has 2 radical (unpaired) electrons. The number of carbonyl (C=O) groups excluding carboxylic acids is 2. The van der Waals surface area contributed by atoms with E-state index in [2.05, 4.69) is 5.32 Å². The summed E-state index contributed by atoms with van der Waals surface area (Å²) in [6.07, 6.45) is 0. The zero-order chi connectivity index (χ0) is 8.72. The Morgan fingerprint density at radius 3 is 2.67 bits per heavy atom. The third-order valence-electron chi connectivity index (χ3n) is 1.79. The number of Topliss-reactive ketones (excluding diaryl/α,β-unsaturated/α-hetero) is 1. The van der Waals surface area contributed by atoms with Gasteiger partial charge in [-0.05, 0) is 6.07 Å². The molecule has 0 bridgehead atoms. The van der Waals surface area contributed by atoms with Crippen LogP contribution in [0.5, 0.6) is 0 Å². The highest BCUT2D eigenvalue weighted by Gasteiger charge is 2.27. The fourth-order valence-electron chi connectivity index (χ4n) is 1.19. The third-order valence-corrected chi connectivity index (χ3v) is 1.79. The van der Waals surface area contributed by atoms with Gasteiger partial charge in [0.05, 0.1) is 5.56 Å². The van der Waals surface area contributed by atoms with Gasteiger partial charge < -0.3 is 5.32 Å². The Morgan fingerprint density at radius 2 is 2.00 bits per heavy atom. The standard InChI is InChI=1S/C8H4BNO2/c9-5-3-1-2-4-6(5)10-8(12)7(4)11/h1-3H,(H,10,11,12). The second-order valence-electron chi connectivity index (χ2n) is 2.55. The lowest BCUT2D eigenvalue weighted by atomic mass is 9.92. The first-order valence-electron chi connectivity index (χ1n) is 3.44. The van der Waals surface area contributed by atoms with E-state index in [0.717, 1.165) is 0 Å². The van der Waals surface area contributed by atoms with Crippen molar-refractivity contribution < 1.29 is 9.59 Å². The van der Waals surface area contributed by atoms with Gasteiger partial charge in [0.2, 0.25) is 0 Å². The van der Waals surface area contributed by atoms with Crippen molar-refractivity contribution in [3.63, 3.8) is 0 Å². The molecule has 56 valence electrons. The van der Waals surface area contributed by atoms with E-state index in [0.29, 0.717) is 16.7 Å². The molecule has 1 N–H and O–H groups in total. The van der Waals surface area contributed by atoms with Crippen molar-refractivity contribution in [3.8, 4) is 0 Å². The van der Waals surface area contributed by atoms with Crippen LogP contribution in [0.4, 0.5) is 5.69 Å². The summed E-state index contributed by atoms with van der Waals surface area (Å²) in [5.74, 6) is -1.12.